The molecule has 2 aliphatic heterocycles. The highest BCUT2D eigenvalue weighted by atomic mass is 32.1. The van der Waals surface area contributed by atoms with Gasteiger partial charge in [0, 0.05) is 43.5 Å². The molecule has 0 N–H and O–H groups in total. The van der Waals surface area contributed by atoms with Crippen LogP contribution in [-0.4, -0.2) is 62.7 Å². The smallest absolute Gasteiger partial charge is 0.223 e. The number of methoxy groups -OCH3 is 3. The SMILES string of the molecule is COc1ccc(CCC(=O)N2CC(N3CCc4sccc4C3)C2)c(OC)c1OC. The van der Waals surface area contributed by atoms with Crippen molar-refractivity contribution in [2.24, 2.45) is 0 Å². The number of fused-ring (bicyclic) bond motifs is 1. The predicted molar refractivity (Wildman–Crippen MR) is 113 cm³/mol. The van der Waals surface area contributed by atoms with Crippen molar-refractivity contribution in [2.45, 2.75) is 31.8 Å². The lowest BCUT2D eigenvalue weighted by Crippen LogP contribution is -2.61. The summed E-state index contributed by atoms with van der Waals surface area (Å²) in [4.78, 5) is 18.7. The first-order valence-electron chi connectivity index (χ1n) is 9.99. The summed E-state index contributed by atoms with van der Waals surface area (Å²) in [5.74, 6) is 2.04. The molecule has 1 aromatic heterocycles. The second-order valence-electron chi connectivity index (χ2n) is 7.54. The van der Waals surface area contributed by atoms with Gasteiger partial charge >= 0.3 is 0 Å². The van der Waals surface area contributed by atoms with Crippen molar-refractivity contribution >= 4 is 17.2 Å². The van der Waals surface area contributed by atoms with Crippen LogP contribution in [0.4, 0.5) is 0 Å². The fourth-order valence-electron chi connectivity index (χ4n) is 4.23. The Hall–Kier alpha value is -2.25. The molecule has 1 amide bonds. The molecule has 2 aromatic rings. The number of aryl methyl sites for hydroxylation is 1. The third-order valence-electron chi connectivity index (χ3n) is 5.96. The van der Waals surface area contributed by atoms with Crippen LogP contribution in [0.2, 0.25) is 0 Å². The molecular weight excluding hydrogens is 388 g/mol. The second-order valence-corrected chi connectivity index (χ2v) is 8.54. The van der Waals surface area contributed by atoms with Gasteiger partial charge in [0.2, 0.25) is 11.7 Å². The number of likely N-dealkylation sites (tertiary alicyclic amines) is 1. The van der Waals surface area contributed by atoms with Crippen molar-refractivity contribution in [1.82, 2.24) is 9.80 Å². The first-order valence-corrected chi connectivity index (χ1v) is 10.9. The number of carbonyl (C=O) groups excluding carboxylic acids is 1. The van der Waals surface area contributed by atoms with E-state index in [1.165, 1.54) is 10.4 Å². The van der Waals surface area contributed by atoms with Gasteiger partial charge in [0.15, 0.2) is 11.5 Å². The summed E-state index contributed by atoms with van der Waals surface area (Å²) in [7, 11) is 4.80. The number of rotatable bonds is 7. The Kier molecular flexibility index (Phi) is 5.96. The maximum absolute atomic E-state index is 12.7. The first kappa shape index (κ1) is 20.0. The van der Waals surface area contributed by atoms with Crippen LogP contribution in [0.1, 0.15) is 22.4 Å². The Balaban J connectivity index is 1.30. The molecule has 4 rings (SSSR count). The number of nitrogens with zero attached hydrogens (tertiary/aromatic N) is 2. The Morgan fingerprint density at radius 2 is 1.90 bits per heavy atom. The van der Waals surface area contributed by atoms with Crippen LogP contribution in [0, 0.1) is 0 Å². The van der Waals surface area contributed by atoms with E-state index >= 15 is 0 Å². The predicted octanol–water partition coefficient (Wildman–Crippen LogP) is 2.98. The fourth-order valence-corrected chi connectivity index (χ4v) is 5.12. The molecule has 156 valence electrons. The normalized spacial score (nSPS) is 16.9. The van der Waals surface area contributed by atoms with Crippen LogP contribution in [0.5, 0.6) is 17.2 Å². The number of thiophene rings is 1. The van der Waals surface area contributed by atoms with Gasteiger partial charge in [-0.1, -0.05) is 6.07 Å². The molecule has 1 aromatic carbocycles. The molecule has 0 spiro atoms. The number of hydrogen-bond acceptors (Lipinski definition) is 6. The average Bonchev–Trinajstić information content (AvgIpc) is 3.18. The molecule has 0 bridgehead atoms. The minimum absolute atomic E-state index is 0.200. The highest BCUT2D eigenvalue weighted by molar-refractivity contribution is 7.10. The van der Waals surface area contributed by atoms with Crippen molar-refractivity contribution in [3.63, 3.8) is 0 Å². The van der Waals surface area contributed by atoms with Crippen molar-refractivity contribution in [3.8, 4) is 17.2 Å². The summed E-state index contributed by atoms with van der Waals surface area (Å²) >= 11 is 1.86. The Bertz CT molecular complexity index is 876. The van der Waals surface area contributed by atoms with E-state index in [4.69, 9.17) is 14.2 Å². The maximum atomic E-state index is 12.7. The van der Waals surface area contributed by atoms with Crippen molar-refractivity contribution in [1.29, 1.82) is 0 Å². The van der Waals surface area contributed by atoms with E-state index in [2.05, 4.69) is 16.3 Å². The molecule has 6 nitrogen and oxygen atoms in total. The van der Waals surface area contributed by atoms with E-state index in [0.717, 1.165) is 38.2 Å². The van der Waals surface area contributed by atoms with Gasteiger partial charge in [-0.05, 0) is 41.5 Å². The summed E-state index contributed by atoms with van der Waals surface area (Å²) < 4.78 is 16.3. The molecule has 3 heterocycles. The third kappa shape index (κ3) is 3.94. The molecule has 1 fully saturated rings. The van der Waals surface area contributed by atoms with Gasteiger partial charge in [-0.25, -0.2) is 0 Å². The molecule has 0 unspecified atom stereocenters. The number of amides is 1. The topological polar surface area (TPSA) is 51.2 Å². The van der Waals surface area contributed by atoms with Crippen LogP contribution in [-0.2, 0) is 24.2 Å². The highest BCUT2D eigenvalue weighted by Crippen LogP contribution is 2.40. The number of benzene rings is 1. The van der Waals surface area contributed by atoms with Gasteiger partial charge in [0.25, 0.3) is 0 Å². The van der Waals surface area contributed by atoms with E-state index in [0.29, 0.717) is 36.1 Å². The lowest BCUT2D eigenvalue weighted by atomic mass is 10.0. The summed E-state index contributed by atoms with van der Waals surface area (Å²) in [6.07, 6.45) is 2.22. The molecule has 7 heteroatoms. The van der Waals surface area contributed by atoms with Gasteiger partial charge in [-0.15, -0.1) is 11.3 Å². The van der Waals surface area contributed by atoms with E-state index in [1.807, 2.05) is 28.4 Å². The Morgan fingerprint density at radius 1 is 1.10 bits per heavy atom. The van der Waals surface area contributed by atoms with Crippen LogP contribution in [0.3, 0.4) is 0 Å². The number of ether oxygens (including phenoxy) is 3. The van der Waals surface area contributed by atoms with Gasteiger partial charge in [-0.2, -0.15) is 0 Å². The molecule has 0 atom stereocenters. The van der Waals surface area contributed by atoms with Crippen LogP contribution in [0.25, 0.3) is 0 Å². The van der Waals surface area contributed by atoms with Gasteiger partial charge < -0.3 is 19.1 Å². The minimum Gasteiger partial charge on any atom is -0.493 e. The quantitative estimate of drug-likeness (QED) is 0.695. The van der Waals surface area contributed by atoms with Crippen molar-refractivity contribution in [2.75, 3.05) is 41.0 Å². The first-order chi connectivity index (χ1) is 14.1. The fraction of sp³-hybridized carbons (Fsp3) is 0.500. The summed E-state index contributed by atoms with van der Waals surface area (Å²) in [6, 6.07) is 6.53. The molecular formula is C22H28N2O4S. The monoisotopic (exact) mass is 416 g/mol. The van der Waals surface area contributed by atoms with Crippen molar-refractivity contribution in [3.05, 3.63) is 39.6 Å². The maximum Gasteiger partial charge on any atom is 0.223 e. The largest absolute Gasteiger partial charge is 0.493 e. The van der Waals surface area contributed by atoms with E-state index in [1.54, 1.807) is 21.3 Å². The summed E-state index contributed by atoms with van der Waals surface area (Å²) in [5.41, 5.74) is 2.42. The van der Waals surface area contributed by atoms with Gasteiger partial charge in [-0.3, -0.25) is 9.69 Å². The lowest BCUT2D eigenvalue weighted by molar-refractivity contribution is -0.138. The molecule has 0 aliphatic carbocycles. The van der Waals surface area contributed by atoms with Gasteiger partial charge in [0.05, 0.1) is 21.3 Å². The van der Waals surface area contributed by atoms with Crippen LogP contribution in [0.15, 0.2) is 23.6 Å². The van der Waals surface area contributed by atoms with E-state index in [9.17, 15) is 4.79 Å². The Morgan fingerprint density at radius 3 is 2.62 bits per heavy atom. The van der Waals surface area contributed by atoms with Crippen LogP contribution < -0.4 is 14.2 Å². The minimum atomic E-state index is 0.200. The molecule has 2 aliphatic rings. The zero-order valence-electron chi connectivity index (χ0n) is 17.3. The lowest BCUT2D eigenvalue weighted by Gasteiger charge is -2.46. The molecule has 0 saturated carbocycles. The number of hydrogen-bond donors (Lipinski definition) is 0. The molecule has 0 radical (unpaired) electrons. The standard InChI is InChI=1S/C22H28N2O4S/c1-26-18-6-4-15(21(27-2)22(18)28-3)5-7-20(25)24-13-17(14-24)23-10-8-19-16(12-23)9-11-29-19/h4,6,9,11,17H,5,7-8,10,12-14H2,1-3H3. The number of carbonyl (C=O) groups is 1. The average molecular weight is 417 g/mol. The highest BCUT2D eigenvalue weighted by Gasteiger charge is 2.36. The van der Waals surface area contributed by atoms with Gasteiger partial charge in [0.1, 0.15) is 0 Å². The second kappa shape index (κ2) is 8.63. The summed E-state index contributed by atoms with van der Waals surface area (Å²) in [6.45, 7) is 3.79. The van der Waals surface area contributed by atoms with Crippen LogP contribution >= 0.6 is 11.3 Å². The zero-order chi connectivity index (χ0) is 20.4. The zero-order valence-corrected chi connectivity index (χ0v) is 18.1. The van der Waals surface area contributed by atoms with Crippen molar-refractivity contribution < 1.29 is 19.0 Å². The third-order valence-corrected chi connectivity index (χ3v) is 6.99. The van der Waals surface area contributed by atoms with E-state index < -0.39 is 0 Å². The summed E-state index contributed by atoms with van der Waals surface area (Å²) in [5, 5.41) is 2.19. The van der Waals surface area contributed by atoms with E-state index in [-0.39, 0.29) is 5.91 Å². The Labute approximate surface area is 176 Å². The molecule has 29 heavy (non-hydrogen) atoms. The molecule has 1 saturated heterocycles.